The predicted molar refractivity (Wildman–Crippen MR) is 29.5 cm³/mol. The molecule has 0 aromatic heterocycles. The molecule has 0 aromatic carbocycles. The number of amides is 3. The lowest BCUT2D eigenvalue weighted by Gasteiger charge is -2.05. The van der Waals surface area contributed by atoms with Crippen LogP contribution in [0, 0.1) is 0 Å². The highest BCUT2D eigenvalue weighted by molar-refractivity contribution is 6.07. The minimum Gasteiger partial charge on any atom is -0.269 e. The lowest BCUT2D eigenvalue weighted by molar-refractivity contribution is -0.131. The molecule has 0 saturated carbocycles. The van der Waals surface area contributed by atoms with E-state index in [1.165, 1.54) is 7.05 Å². The van der Waals surface area contributed by atoms with Crippen molar-refractivity contribution >= 4 is 11.9 Å². The number of likely N-dealkylation sites (N-methyl/N-ethyl adjacent to an activating group) is 1. The van der Waals surface area contributed by atoms with Gasteiger partial charge in [0.05, 0.1) is 0 Å². The van der Waals surface area contributed by atoms with Crippen LogP contribution in [0.1, 0.15) is 6.92 Å². The Bertz CT molecular complexity index is 239. The molecular weight excluding hydrogens is 136 g/mol. The maximum atomic E-state index is 11.0. The van der Waals surface area contributed by atoms with Gasteiger partial charge in [-0.15, -0.1) is 0 Å². The van der Waals surface area contributed by atoms with E-state index in [4.69, 9.17) is 4.84 Å². The number of rotatable bonds is 0. The number of hydrogen-bond donors (Lipinski definition) is 0. The van der Waals surface area contributed by atoms with E-state index in [1.807, 2.05) is 0 Å². The van der Waals surface area contributed by atoms with Gasteiger partial charge in [-0.1, -0.05) is 0 Å². The summed E-state index contributed by atoms with van der Waals surface area (Å²) in [7, 11) is 1.44. The molecule has 10 heavy (non-hydrogen) atoms. The highest BCUT2D eigenvalue weighted by Crippen LogP contribution is 2.41. The third-order valence-corrected chi connectivity index (χ3v) is 1.79. The molecule has 5 heteroatoms. The summed E-state index contributed by atoms with van der Waals surface area (Å²) < 4.78 is 0. The zero-order valence-corrected chi connectivity index (χ0v) is 5.62. The van der Waals surface area contributed by atoms with Gasteiger partial charge in [0, 0.05) is 7.05 Å². The summed E-state index contributed by atoms with van der Waals surface area (Å²) >= 11 is 0. The molecular formula is C5H6N2O3. The highest BCUT2D eigenvalue weighted by Gasteiger charge is 2.69. The van der Waals surface area contributed by atoms with E-state index >= 15 is 0 Å². The molecule has 0 bridgehead atoms. The van der Waals surface area contributed by atoms with Gasteiger partial charge >= 0.3 is 6.03 Å². The number of hydrogen-bond acceptors (Lipinski definition) is 3. The first-order valence-corrected chi connectivity index (χ1v) is 2.89. The molecule has 0 spiro atoms. The fourth-order valence-corrected chi connectivity index (χ4v) is 1.04. The van der Waals surface area contributed by atoms with Gasteiger partial charge in [-0.2, -0.15) is 5.06 Å². The van der Waals surface area contributed by atoms with E-state index in [0.717, 1.165) is 9.96 Å². The van der Waals surface area contributed by atoms with Gasteiger partial charge in [0.2, 0.25) is 0 Å². The van der Waals surface area contributed by atoms with Crippen molar-refractivity contribution in [2.45, 2.75) is 12.6 Å². The molecule has 2 aliphatic heterocycles. The van der Waals surface area contributed by atoms with E-state index in [1.54, 1.807) is 6.92 Å². The summed E-state index contributed by atoms with van der Waals surface area (Å²) in [5.74, 6) is -0.294. The summed E-state index contributed by atoms with van der Waals surface area (Å²) in [4.78, 5) is 27.7. The lowest BCUT2D eigenvalue weighted by Crippen LogP contribution is -2.32. The maximum Gasteiger partial charge on any atom is 0.353 e. The molecule has 2 aliphatic rings. The van der Waals surface area contributed by atoms with Crippen LogP contribution in [0.25, 0.3) is 0 Å². The van der Waals surface area contributed by atoms with Crippen LogP contribution in [0.3, 0.4) is 0 Å². The van der Waals surface area contributed by atoms with Crippen molar-refractivity contribution in [3.8, 4) is 0 Å². The second-order valence-electron chi connectivity index (χ2n) is 2.52. The molecule has 5 nitrogen and oxygen atoms in total. The first kappa shape index (κ1) is 5.67. The van der Waals surface area contributed by atoms with E-state index in [-0.39, 0.29) is 11.9 Å². The van der Waals surface area contributed by atoms with E-state index in [0.29, 0.717) is 0 Å². The maximum absolute atomic E-state index is 11.0. The quantitative estimate of drug-likeness (QED) is 0.339. The topological polar surface area (TPSA) is 52.9 Å². The molecule has 3 amide bonds. The second kappa shape index (κ2) is 1.17. The third-order valence-electron chi connectivity index (χ3n) is 1.79. The van der Waals surface area contributed by atoms with Crippen molar-refractivity contribution in [1.82, 2.24) is 9.96 Å². The van der Waals surface area contributed by atoms with Crippen molar-refractivity contribution in [3.05, 3.63) is 0 Å². The van der Waals surface area contributed by atoms with Gasteiger partial charge in [-0.25, -0.2) is 9.63 Å². The van der Waals surface area contributed by atoms with Gasteiger partial charge in [-0.05, 0) is 6.92 Å². The highest BCUT2D eigenvalue weighted by atomic mass is 16.9. The number of urea groups is 1. The average molecular weight is 142 g/mol. The molecule has 0 aliphatic carbocycles. The Morgan fingerprint density at radius 1 is 1.50 bits per heavy atom. The minimum atomic E-state index is -0.966. The number of nitrogens with zero attached hydrogens (tertiary/aromatic N) is 2. The van der Waals surface area contributed by atoms with Crippen LogP contribution >= 0.6 is 0 Å². The van der Waals surface area contributed by atoms with Crippen LogP contribution < -0.4 is 0 Å². The number of imide groups is 1. The van der Waals surface area contributed by atoms with Crippen LogP contribution in [0.2, 0.25) is 0 Å². The predicted octanol–water partition coefficient (Wildman–Crippen LogP) is -0.458. The van der Waals surface area contributed by atoms with Gasteiger partial charge in [0.25, 0.3) is 11.6 Å². The van der Waals surface area contributed by atoms with Crippen LogP contribution in [0.15, 0.2) is 0 Å². The van der Waals surface area contributed by atoms with Crippen LogP contribution in [-0.2, 0) is 9.63 Å². The fourth-order valence-electron chi connectivity index (χ4n) is 1.04. The largest absolute Gasteiger partial charge is 0.353 e. The number of fused-ring (bicyclic) bond motifs is 1. The third kappa shape index (κ3) is 0.358. The van der Waals surface area contributed by atoms with Crippen molar-refractivity contribution in [1.29, 1.82) is 0 Å². The van der Waals surface area contributed by atoms with Gasteiger partial charge < -0.3 is 0 Å². The zero-order valence-electron chi connectivity index (χ0n) is 5.62. The lowest BCUT2D eigenvalue weighted by atomic mass is 10.3. The van der Waals surface area contributed by atoms with Crippen LogP contribution in [0.5, 0.6) is 0 Å². The van der Waals surface area contributed by atoms with E-state index in [9.17, 15) is 9.59 Å². The SMILES string of the molecule is CN1C(=O)N2OC2(C)C1=O. The Balaban J connectivity index is 2.40. The van der Waals surface area contributed by atoms with Crippen molar-refractivity contribution < 1.29 is 14.4 Å². The Hall–Kier alpha value is -1.10. The van der Waals surface area contributed by atoms with Gasteiger partial charge in [0.1, 0.15) is 0 Å². The Morgan fingerprint density at radius 3 is 2.30 bits per heavy atom. The van der Waals surface area contributed by atoms with E-state index < -0.39 is 5.72 Å². The van der Waals surface area contributed by atoms with Crippen LogP contribution in [-0.4, -0.2) is 34.7 Å². The molecule has 0 radical (unpaired) electrons. The standard InChI is InChI=1S/C5H6N2O3/c1-5-3(8)6(2)4(9)7(5)10-5/h1-2H3. The summed E-state index contributed by atoms with van der Waals surface area (Å²) in [6.45, 7) is 1.57. The second-order valence-corrected chi connectivity index (χ2v) is 2.52. The first-order valence-electron chi connectivity index (χ1n) is 2.89. The average Bonchev–Trinajstić information content (AvgIpc) is 2.54. The van der Waals surface area contributed by atoms with Crippen molar-refractivity contribution in [2.75, 3.05) is 7.05 Å². The van der Waals surface area contributed by atoms with E-state index in [2.05, 4.69) is 0 Å². The minimum absolute atomic E-state index is 0.294. The number of carbonyl (C=O) groups excluding carboxylic acids is 2. The molecule has 2 heterocycles. The molecule has 2 fully saturated rings. The smallest absolute Gasteiger partial charge is 0.269 e. The van der Waals surface area contributed by atoms with Gasteiger partial charge in [0.15, 0.2) is 0 Å². The van der Waals surface area contributed by atoms with Crippen LogP contribution in [0.4, 0.5) is 4.79 Å². The number of hydroxylamine groups is 2. The summed E-state index contributed by atoms with van der Waals surface area (Å²) in [5.41, 5.74) is -0.966. The molecule has 1 unspecified atom stereocenters. The molecule has 2 saturated heterocycles. The van der Waals surface area contributed by atoms with Gasteiger partial charge in [-0.3, -0.25) is 9.69 Å². The molecule has 2 rings (SSSR count). The van der Waals surface area contributed by atoms with Crippen molar-refractivity contribution in [2.24, 2.45) is 0 Å². The Kier molecular flexibility index (Phi) is 0.665. The number of carbonyl (C=O) groups is 2. The fraction of sp³-hybridized carbons (Fsp3) is 0.600. The molecule has 54 valence electrons. The molecule has 1 atom stereocenters. The first-order chi connectivity index (χ1) is 4.57. The molecule has 0 aromatic rings. The Morgan fingerprint density at radius 2 is 2.10 bits per heavy atom. The summed E-state index contributed by atoms with van der Waals surface area (Å²) in [6, 6.07) is -0.382. The zero-order chi connectivity index (χ0) is 7.52. The summed E-state index contributed by atoms with van der Waals surface area (Å²) in [6.07, 6.45) is 0. The van der Waals surface area contributed by atoms with Crippen molar-refractivity contribution in [3.63, 3.8) is 0 Å². The Labute approximate surface area is 57.1 Å². The normalized spacial score (nSPS) is 37.0. The summed E-state index contributed by atoms with van der Waals surface area (Å²) in [5, 5.41) is 1.06. The molecule has 0 N–H and O–H groups in total. The monoisotopic (exact) mass is 142 g/mol.